The number of alkyl halides is 3. The van der Waals surface area contributed by atoms with Crippen LogP contribution in [0.4, 0.5) is 17.6 Å². The topological polar surface area (TPSA) is 73.3 Å². The van der Waals surface area contributed by atoms with Crippen LogP contribution in [0, 0.1) is 12.7 Å². The summed E-state index contributed by atoms with van der Waals surface area (Å²) in [6.45, 7) is 1.54. The Kier molecular flexibility index (Phi) is 5.62. The number of halogens is 4. The van der Waals surface area contributed by atoms with E-state index in [9.17, 15) is 22.4 Å². The standard InChI is InChI=1S/C19H13F4N3O3/c1-11-7-13(20)4-5-16(11)28-18-15(8-12(9-25-18)19(21,22)23)17(27)26-29-14-3-2-6-24-10-14/h2-10H,1H3,(H,26,27). The summed E-state index contributed by atoms with van der Waals surface area (Å²) >= 11 is 0. The monoisotopic (exact) mass is 407 g/mol. The molecule has 3 aromatic rings. The summed E-state index contributed by atoms with van der Waals surface area (Å²) < 4.78 is 57.9. The van der Waals surface area contributed by atoms with Crippen LogP contribution in [0.25, 0.3) is 0 Å². The van der Waals surface area contributed by atoms with Crippen LogP contribution < -0.4 is 15.1 Å². The fraction of sp³-hybridized carbons (Fsp3) is 0.105. The number of benzene rings is 1. The highest BCUT2D eigenvalue weighted by molar-refractivity contribution is 5.96. The van der Waals surface area contributed by atoms with E-state index in [1.165, 1.54) is 37.5 Å². The lowest BCUT2D eigenvalue weighted by Gasteiger charge is -2.14. The number of carbonyl (C=O) groups excluding carboxylic acids is 1. The van der Waals surface area contributed by atoms with Crippen LogP contribution in [0.1, 0.15) is 21.5 Å². The van der Waals surface area contributed by atoms with Crippen molar-refractivity contribution in [2.45, 2.75) is 13.1 Å². The molecule has 0 radical (unpaired) electrons. The van der Waals surface area contributed by atoms with Gasteiger partial charge >= 0.3 is 6.18 Å². The highest BCUT2D eigenvalue weighted by Crippen LogP contribution is 2.33. The zero-order valence-corrected chi connectivity index (χ0v) is 14.8. The van der Waals surface area contributed by atoms with Gasteiger partial charge in [-0.05, 0) is 48.9 Å². The number of amides is 1. The average Bonchev–Trinajstić information content (AvgIpc) is 2.68. The Labute approximate surface area is 162 Å². The molecular weight excluding hydrogens is 394 g/mol. The first-order chi connectivity index (χ1) is 13.7. The van der Waals surface area contributed by atoms with E-state index in [1.807, 2.05) is 5.48 Å². The van der Waals surface area contributed by atoms with Gasteiger partial charge in [-0.2, -0.15) is 18.7 Å². The lowest BCUT2D eigenvalue weighted by Crippen LogP contribution is -2.28. The van der Waals surface area contributed by atoms with Gasteiger partial charge in [0, 0.05) is 12.4 Å². The molecule has 0 aliphatic rings. The first kappa shape index (κ1) is 20.1. The van der Waals surface area contributed by atoms with Crippen molar-refractivity contribution in [3.8, 4) is 17.4 Å². The fourth-order valence-corrected chi connectivity index (χ4v) is 2.25. The summed E-state index contributed by atoms with van der Waals surface area (Å²) in [4.78, 5) is 24.9. The molecule has 0 spiro atoms. The van der Waals surface area contributed by atoms with Crippen molar-refractivity contribution in [3.63, 3.8) is 0 Å². The van der Waals surface area contributed by atoms with Crippen molar-refractivity contribution in [1.82, 2.24) is 15.4 Å². The van der Waals surface area contributed by atoms with Crippen LogP contribution in [0.2, 0.25) is 0 Å². The molecule has 10 heteroatoms. The number of carbonyl (C=O) groups is 1. The highest BCUT2D eigenvalue weighted by Gasteiger charge is 2.33. The Morgan fingerprint density at radius 3 is 2.59 bits per heavy atom. The maximum absolute atomic E-state index is 13.3. The number of hydrogen-bond donors (Lipinski definition) is 1. The van der Waals surface area contributed by atoms with Gasteiger partial charge in [-0.15, -0.1) is 0 Å². The van der Waals surface area contributed by atoms with Gasteiger partial charge in [0.2, 0.25) is 5.88 Å². The van der Waals surface area contributed by atoms with Gasteiger partial charge in [0.25, 0.3) is 5.91 Å². The quantitative estimate of drug-likeness (QED) is 0.499. The zero-order chi connectivity index (χ0) is 21.0. The summed E-state index contributed by atoms with van der Waals surface area (Å²) in [5, 5.41) is 0. The average molecular weight is 407 g/mol. The third-order valence-electron chi connectivity index (χ3n) is 3.66. The molecule has 1 N–H and O–H groups in total. The third kappa shape index (κ3) is 4.98. The summed E-state index contributed by atoms with van der Waals surface area (Å²) in [5.41, 5.74) is 0.716. The Balaban J connectivity index is 1.91. The van der Waals surface area contributed by atoms with Gasteiger partial charge < -0.3 is 9.57 Å². The lowest BCUT2D eigenvalue weighted by atomic mass is 10.1. The Bertz CT molecular complexity index is 1030. The lowest BCUT2D eigenvalue weighted by molar-refractivity contribution is -0.137. The Morgan fingerprint density at radius 2 is 1.93 bits per heavy atom. The van der Waals surface area contributed by atoms with Gasteiger partial charge in [0.05, 0.1) is 11.8 Å². The summed E-state index contributed by atoms with van der Waals surface area (Å²) in [6, 6.07) is 7.17. The minimum atomic E-state index is -4.73. The van der Waals surface area contributed by atoms with Crippen molar-refractivity contribution >= 4 is 5.91 Å². The third-order valence-corrected chi connectivity index (χ3v) is 3.66. The van der Waals surface area contributed by atoms with E-state index in [0.29, 0.717) is 17.8 Å². The van der Waals surface area contributed by atoms with Crippen LogP contribution in [0.5, 0.6) is 17.4 Å². The fourth-order valence-electron chi connectivity index (χ4n) is 2.25. The van der Waals surface area contributed by atoms with Crippen molar-refractivity contribution in [2.24, 2.45) is 0 Å². The van der Waals surface area contributed by atoms with Crippen LogP contribution in [-0.4, -0.2) is 15.9 Å². The minimum Gasteiger partial charge on any atom is -0.438 e. The molecule has 29 heavy (non-hydrogen) atoms. The van der Waals surface area contributed by atoms with E-state index < -0.39 is 34.9 Å². The second kappa shape index (κ2) is 8.13. The number of ether oxygens (including phenoxy) is 1. The molecule has 0 aliphatic carbocycles. The van der Waals surface area contributed by atoms with E-state index >= 15 is 0 Å². The van der Waals surface area contributed by atoms with Crippen LogP contribution in [-0.2, 0) is 6.18 Å². The number of rotatable bonds is 5. The molecular formula is C19H13F4N3O3. The van der Waals surface area contributed by atoms with Gasteiger partial charge in [0.1, 0.15) is 17.1 Å². The van der Waals surface area contributed by atoms with Gasteiger partial charge in [-0.3, -0.25) is 9.78 Å². The zero-order valence-electron chi connectivity index (χ0n) is 14.8. The molecule has 6 nitrogen and oxygen atoms in total. The number of pyridine rings is 2. The maximum Gasteiger partial charge on any atom is 0.417 e. The smallest absolute Gasteiger partial charge is 0.417 e. The van der Waals surface area contributed by atoms with E-state index in [-0.39, 0.29) is 11.5 Å². The molecule has 3 rings (SSSR count). The van der Waals surface area contributed by atoms with Crippen LogP contribution in [0.15, 0.2) is 55.0 Å². The second-order valence-corrected chi connectivity index (χ2v) is 5.81. The molecule has 2 heterocycles. The molecule has 0 aliphatic heterocycles. The summed E-state index contributed by atoms with van der Waals surface area (Å²) in [7, 11) is 0. The van der Waals surface area contributed by atoms with Crippen molar-refractivity contribution in [3.05, 3.63) is 77.5 Å². The van der Waals surface area contributed by atoms with Gasteiger partial charge in [-0.25, -0.2) is 9.37 Å². The highest BCUT2D eigenvalue weighted by atomic mass is 19.4. The molecule has 0 fully saturated rings. The first-order valence-electron chi connectivity index (χ1n) is 8.12. The maximum atomic E-state index is 13.3. The number of aromatic nitrogens is 2. The largest absolute Gasteiger partial charge is 0.438 e. The predicted octanol–water partition coefficient (Wildman–Crippen LogP) is 4.46. The molecule has 0 saturated heterocycles. The number of hydrogen-bond acceptors (Lipinski definition) is 5. The SMILES string of the molecule is Cc1cc(F)ccc1Oc1ncc(C(F)(F)F)cc1C(=O)NOc1cccnc1. The normalized spacial score (nSPS) is 11.1. The molecule has 0 atom stereocenters. The molecule has 1 amide bonds. The van der Waals surface area contributed by atoms with Crippen LogP contribution in [0.3, 0.4) is 0 Å². The van der Waals surface area contributed by atoms with Crippen molar-refractivity contribution in [2.75, 3.05) is 0 Å². The number of nitrogens with one attached hydrogen (secondary N) is 1. The van der Waals surface area contributed by atoms with Crippen LogP contribution >= 0.6 is 0 Å². The Morgan fingerprint density at radius 1 is 1.14 bits per heavy atom. The van der Waals surface area contributed by atoms with E-state index in [0.717, 1.165) is 6.07 Å². The molecule has 1 aromatic carbocycles. The number of nitrogens with zero attached hydrogens (tertiary/aromatic N) is 2. The minimum absolute atomic E-state index is 0.126. The van der Waals surface area contributed by atoms with E-state index in [1.54, 1.807) is 6.07 Å². The van der Waals surface area contributed by atoms with Gasteiger partial charge in [-0.1, -0.05) is 0 Å². The summed E-state index contributed by atoms with van der Waals surface area (Å²) in [5.74, 6) is -1.65. The van der Waals surface area contributed by atoms with Crippen molar-refractivity contribution < 1.29 is 31.9 Å². The summed E-state index contributed by atoms with van der Waals surface area (Å²) in [6.07, 6.45) is -1.42. The van der Waals surface area contributed by atoms with E-state index in [4.69, 9.17) is 9.57 Å². The predicted molar refractivity (Wildman–Crippen MR) is 92.8 cm³/mol. The first-order valence-corrected chi connectivity index (χ1v) is 8.12. The van der Waals surface area contributed by atoms with Gasteiger partial charge in [0.15, 0.2) is 5.75 Å². The molecule has 0 unspecified atom stereocenters. The van der Waals surface area contributed by atoms with Crippen molar-refractivity contribution in [1.29, 1.82) is 0 Å². The molecule has 150 valence electrons. The Hall–Kier alpha value is -3.69. The molecule has 0 bridgehead atoms. The second-order valence-electron chi connectivity index (χ2n) is 5.81. The molecule has 0 saturated carbocycles. The molecule has 2 aromatic heterocycles. The number of aryl methyl sites for hydroxylation is 1. The van der Waals surface area contributed by atoms with E-state index in [2.05, 4.69) is 9.97 Å². The number of hydroxylamine groups is 1.